The van der Waals surface area contributed by atoms with Crippen LogP contribution in [0.25, 0.3) is 22.2 Å². The number of fused-ring (bicyclic) bond motifs is 1. The number of carbonyl (C=O) groups excluding carboxylic acids is 2. The Bertz CT molecular complexity index is 1350. The van der Waals surface area contributed by atoms with E-state index in [-0.39, 0.29) is 24.0 Å². The van der Waals surface area contributed by atoms with Crippen LogP contribution in [0.15, 0.2) is 66.7 Å². The van der Waals surface area contributed by atoms with Crippen LogP contribution in [0, 0.1) is 11.6 Å². The number of carbonyl (C=O) groups is 2. The van der Waals surface area contributed by atoms with E-state index >= 15 is 0 Å². The molecule has 2 heterocycles. The Morgan fingerprint density at radius 2 is 1.79 bits per heavy atom. The van der Waals surface area contributed by atoms with Gasteiger partial charge in [0.1, 0.15) is 17.7 Å². The Hall–Kier alpha value is -4.07. The molecule has 1 fully saturated rings. The maximum atomic E-state index is 13.5. The summed E-state index contributed by atoms with van der Waals surface area (Å²) in [7, 11) is 0. The van der Waals surface area contributed by atoms with Gasteiger partial charge in [-0.3, -0.25) is 9.59 Å². The zero-order valence-electron chi connectivity index (χ0n) is 17.5. The number of imidazole rings is 1. The first-order valence-electron chi connectivity index (χ1n) is 10.6. The summed E-state index contributed by atoms with van der Waals surface area (Å²) in [6.07, 6.45) is 0.278. The number of hydrogen-bond acceptors (Lipinski definition) is 3. The number of rotatable bonds is 4. The molecule has 2 amide bonds. The lowest BCUT2D eigenvalue weighted by atomic mass is 9.93. The highest BCUT2D eigenvalue weighted by atomic mass is 19.1. The predicted octanol–water partition coefficient (Wildman–Crippen LogP) is 3.69. The molecule has 8 heteroatoms. The van der Waals surface area contributed by atoms with Crippen LogP contribution in [0.1, 0.15) is 16.2 Å². The van der Waals surface area contributed by atoms with E-state index in [2.05, 4.69) is 15.3 Å². The van der Waals surface area contributed by atoms with Crippen LogP contribution >= 0.6 is 0 Å². The minimum Gasteiger partial charge on any atom is -0.353 e. The fraction of sp³-hybridized carbons (Fsp3) is 0.160. The molecule has 5 rings (SSSR count). The van der Waals surface area contributed by atoms with E-state index in [0.29, 0.717) is 24.1 Å². The van der Waals surface area contributed by atoms with E-state index in [0.717, 1.165) is 16.7 Å². The summed E-state index contributed by atoms with van der Waals surface area (Å²) >= 11 is 0. The van der Waals surface area contributed by atoms with Gasteiger partial charge in [0, 0.05) is 19.5 Å². The van der Waals surface area contributed by atoms with Crippen molar-refractivity contribution in [1.29, 1.82) is 0 Å². The molecule has 4 aromatic rings. The van der Waals surface area contributed by atoms with E-state index in [1.807, 2.05) is 24.3 Å². The molecular weight excluding hydrogens is 426 g/mol. The van der Waals surface area contributed by atoms with Gasteiger partial charge in [-0.05, 0) is 47.0 Å². The molecule has 1 saturated heterocycles. The normalized spacial score (nSPS) is 16.1. The smallest absolute Gasteiger partial charge is 0.290 e. The molecule has 0 unspecified atom stereocenters. The average molecular weight is 446 g/mol. The van der Waals surface area contributed by atoms with Crippen LogP contribution in [-0.2, 0) is 11.2 Å². The number of H-pyrrole nitrogens is 1. The number of amides is 2. The molecular formula is C25H20F2N4O2. The molecule has 0 radical (unpaired) electrons. The van der Waals surface area contributed by atoms with Crippen molar-refractivity contribution in [3.05, 3.63) is 89.8 Å². The summed E-state index contributed by atoms with van der Waals surface area (Å²) in [6, 6.07) is 17.0. The zero-order valence-corrected chi connectivity index (χ0v) is 17.5. The number of aromatic nitrogens is 2. The third-order valence-corrected chi connectivity index (χ3v) is 5.82. The summed E-state index contributed by atoms with van der Waals surface area (Å²) in [5.41, 5.74) is 3.43. The molecule has 1 atom stereocenters. The van der Waals surface area contributed by atoms with Crippen molar-refractivity contribution < 1.29 is 18.4 Å². The van der Waals surface area contributed by atoms with Crippen molar-refractivity contribution >= 4 is 22.8 Å². The number of halogens is 2. The lowest BCUT2D eigenvalue weighted by Gasteiger charge is -2.35. The molecule has 0 aliphatic carbocycles. The first-order chi connectivity index (χ1) is 16.0. The Morgan fingerprint density at radius 1 is 1.03 bits per heavy atom. The van der Waals surface area contributed by atoms with Crippen LogP contribution in [0.5, 0.6) is 0 Å². The van der Waals surface area contributed by atoms with Crippen molar-refractivity contribution in [3.63, 3.8) is 0 Å². The molecule has 166 valence electrons. The molecule has 1 aliphatic rings. The Balaban J connectivity index is 1.47. The summed E-state index contributed by atoms with van der Waals surface area (Å²) in [4.78, 5) is 34.8. The second-order valence-corrected chi connectivity index (χ2v) is 7.92. The number of aromatic amines is 1. The van der Waals surface area contributed by atoms with Gasteiger partial charge in [0.05, 0.1) is 11.0 Å². The van der Waals surface area contributed by atoms with Gasteiger partial charge in [0.15, 0.2) is 5.82 Å². The van der Waals surface area contributed by atoms with Crippen molar-refractivity contribution in [2.75, 3.05) is 13.1 Å². The van der Waals surface area contributed by atoms with Crippen molar-refractivity contribution in [1.82, 2.24) is 20.2 Å². The SMILES string of the molecule is O=C1NCCN(C(=O)c2nc3ccc(F)cc3[nH]2)[C@@H]1Cc1ccccc1-c1ccc(F)cc1. The highest BCUT2D eigenvalue weighted by molar-refractivity contribution is 5.98. The monoisotopic (exact) mass is 446 g/mol. The van der Waals surface area contributed by atoms with Crippen LogP contribution in [0.2, 0.25) is 0 Å². The maximum absolute atomic E-state index is 13.5. The highest BCUT2D eigenvalue weighted by Gasteiger charge is 2.35. The van der Waals surface area contributed by atoms with Gasteiger partial charge in [-0.15, -0.1) is 0 Å². The van der Waals surface area contributed by atoms with Crippen molar-refractivity contribution in [2.45, 2.75) is 12.5 Å². The molecule has 1 aromatic heterocycles. The first-order valence-corrected chi connectivity index (χ1v) is 10.6. The number of nitrogens with one attached hydrogen (secondary N) is 2. The molecule has 0 bridgehead atoms. The van der Waals surface area contributed by atoms with Crippen molar-refractivity contribution in [2.24, 2.45) is 0 Å². The zero-order chi connectivity index (χ0) is 22.9. The van der Waals surface area contributed by atoms with Gasteiger partial charge >= 0.3 is 0 Å². The van der Waals surface area contributed by atoms with Gasteiger partial charge in [-0.25, -0.2) is 13.8 Å². The fourth-order valence-corrected chi connectivity index (χ4v) is 4.20. The van der Waals surface area contributed by atoms with Crippen LogP contribution in [0.4, 0.5) is 8.78 Å². The third kappa shape index (κ3) is 4.07. The number of nitrogens with zero attached hydrogens (tertiary/aromatic N) is 2. The minimum absolute atomic E-state index is 0.0575. The molecule has 0 spiro atoms. The Kier molecular flexibility index (Phi) is 5.34. The number of hydrogen-bond donors (Lipinski definition) is 2. The van der Waals surface area contributed by atoms with E-state index in [1.54, 1.807) is 12.1 Å². The van der Waals surface area contributed by atoms with E-state index in [9.17, 15) is 18.4 Å². The third-order valence-electron chi connectivity index (χ3n) is 5.82. The predicted molar refractivity (Wildman–Crippen MR) is 119 cm³/mol. The van der Waals surface area contributed by atoms with E-state index in [1.165, 1.54) is 35.2 Å². The Labute approximate surface area is 188 Å². The summed E-state index contributed by atoms with van der Waals surface area (Å²) < 4.78 is 26.9. The summed E-state index contributed by atoms with van der Waals surface area (Å²) in [5, 5.41) is 2.83. The van der Waals surface area contributed by atoms with E-state index in [4.69, 9.17) is 0 Å². The van der Waals surface area contributed by atoms with Gasteiger partial charge in [-0.1, -0.05) is 36.4 Å². The largest absolute Gasteiger partial charge is 0.353 e. The lowest BCUT2D eigenvalue weighted by molar-refractivity contribution is -0.127. The van der Waals surface area contributed by atoms with Crippen LogP contribution in [-0.4, -0.2) is 45.8 Å². The quantitative estimate of drug-likeness (QED) is 0.502. The topological polar surface area (TPSA) is 78.1 Å². The Morgan fingerprint density at radius 3 is 2.61 bits per heavy atom. The molecule has 6 nitrogen and oxygen atoms in total. The fourth-order valence-electron chi connectivity index (χ4n) is 4.20. The molecule has 0 saturated carbocycles. The summed E-state index contributed by atoms with van der Waals surface area (Å²) in [6.45, 7) is 0.648. The second kappa shape index (κ2) is 8.46. The van der Waals surface area contributed by atoms with E-state index < -0.39 is 17.8 Å². The van der Waals surface area contributed by atoms with Gasteiger partial charge < -0.3 is 15.2 Å². The van der Waals surface area contributed by atoms with Gasteiger partial charge in [0.25, 0.3) is 5.91 Å². The van der Waals surface area contributed by atoms with Crippen LogP contribution in [0.3, 0.4) is 0 Å². The maximum Gasteiger partial charge on any atom is 0.290 e. The van der Waals surface area contributed by atoms with Crippen LogP contribution < -0.4 is 5.32 Å². The first kappa shape index (κ1) is 20.8. The van der Waals surface area contributed by atoms with Crippen molar-refractivity contribution in [3.8, 4) is 11.1 Å². The number of piperazine rings is 1. The molecule has 1 aliphatic heterocycles. The number of benzene rings is 3. The van der Waals surface area contributed by atoms with Gasteiger partial charge in [-0.2, -0.15) is 0 Å². The van der Waals surface area contributed by atoms with Gasteiger partial charge in [0.2, 0.25) is 5.91 Å². The summed E-state index contributed by atoms with van der Waals surface area (Å²) in [5.74, 6) is -1.39. The molecule has 2 N–H and O–H groups in total. The molecule has 3 aromatic carbocycles. The molecule has 33 heavy (non-hydrogen) atoms. The minimum atomic E-state index is -0.752. The highest BCUT2D eigenvalue weighted by Crippen LogP contribution is 2.27. The standard InChI is InChI=1S/C25H20F2N4O2/c26-17-7-5-15(6-8-17)19-4-2-1-3-16(19)13-22-24(32)28-11-12-31(22)25(33)23-29-20-10-9-18(27)14-21(20)30-23/h1-10,14,22H,11-13H2,(H,28,32)(H,29,30)/t22-/m1/s1. The lowest BCUT2D eigenvalue weighted by Crippen LogP contribution is -2.58. The second-order valence-electron chi connectivity index (χ2n) is 7.92. The average Bonchev–Trinajstić information content (AvgIpc) is 3.24.